The fourth-order valence-electron chi connectivity index (χ4n) is 3.73. The van der Waals surface area contributed by atoms with Gasteiger partial charge in [0.15, 0.2) is 0 Å². The number of nitrogens with zero attached hydrogens (tertiary/aromatic N) is 3. The number of carbonyl (C=O) groups is 1. The molecule has 3 rings (SSSR count). The number of pyridine rings is 1. The molecule has 24 heavy (non-hydrogen) atoms. The Balaban J connectivity index is 1.47. The molecule has 0 bridgehead atoms. The molecule has 0 spiro atoms. The maximum atomic E-state index is 12.4. The van der Waals surface area contributed by atoms with E-state index < -0.39 is 0 Å². The van der Waals surface area contributed by atoms with Crippen LogP contribution in [0.5, 0.6) is 0 Å². The van der Waals surface area contributed by atoms with E-state index in [1.165, 1.54) is 18.4 Å². The van der Waals surface area contributed by atoms with Gasteiger partial charge in [-0.15, -0.1) is 0 Å². The van der Waals surface area contributed by atoms with E-state index in [1.807, 2.05) is 17.2 Å². The van der Waals surface area contributed by atoms with Crippen molar-refractivity contribution in [2.75, 3.05) is 44.8 Å². The van der Waals surface area contributed by atoms with Crippen molar-refractivity contribution in [1.82, 2.24) is 9.88 Å². The van der Waals surface area contributed by atoms with Gasteiger partial charge in [-0.3, -0.25) is 4.79 Å². The van der Waals surface area contributed by atoms with Gasteiger partial charge in [-0.2, -0.15) is 0 Å². The minimum atomic E-state index is 0.283. The zero-order valence-corrected chi connectivity index (χ0v) is 14.7. The Labute approximate surface area is 145 Å². The van der Waals surface area contributed by atoms with E-state index in [0.29, 0.717) is 12.3 Å². The topological polar surface area (TPSA) is 45.7 Å². The van der Waals surface area contributed by atoms with Gasteiger partial charge in [0.1, 0.15) is 5.82 Å². The first-order valence-electron chi connectivity index (χ1n) is 9.23. The van der Waals surface area contributed by atoms with Crippen LogP contribution in [0, 0.1) is 5.92 Å². The monoisotopic (exact) mass is 331 g/mol. The minimum absolute atomic E-state index is 0.283. The summed E-state index contributed by atoms with van der Waals surface area (Å²) >= 11 is 0. The van der Waals surface area contributed by atoms with Crippen LogP contribution in [-0.2, 0) is 16.0 Å². The van der Waals surface area contributed by atoms with Crippen molar-refractivity contribution in [3.63, 3.8) is 0 Å². The molecule has 5 heteroatoms. The van der Waals surface area contributed by atoms with Gasteiger partial charge in [-0.25, -0.2) is 4.98 Å². The molecule has 3 heterocycles. The molecule has 2 saturated heterocycles. The van der Waals surface area contributed by atoms with E-state index in [9.17, 15) is 4.79 Å². The molecule has 5 nitrogen and oxygen atoms in total. The van der Waals surface area contributed by atoms with Crippen molar-refractivity contribution in [3.05, 3.63) is 23.9 Å². The van der Waals surface area contributed by atoms with Crippen LogP contribution in [0.15, 0.2) is 18.3 Å². The minimum Gasteiger partial charge on any atom is -0.384 e. The number of aryl methyl sites for hydroxylation is 1. The molecule has 2 aliphatic rings. The number of hydrogen-bond donors (Lipinski definition) is 0. The normalized spacial score (nSPS) is 19.0. The fraction of sp³-hybridized carbons (Fsp3) is 0.684. The third-order valence-electron chi connectivity index (χ3n) is 5.24. The lowest BCUT2D eigenvalue weighted by atomic mass is 9.97. The van der Waals surface area contributed by atoms with Crippen LogP contribution in [0.2, 0.25) is 0 Å². The molecular formula is C19H29N3O2. The number of anilines is 1. The van der Waals surface area contributed by atoms with E-state index in [2.05, 4.69) is 16.0 Å². The van der Waals surface area contributed by atoms with Crippen LogP contribution < -0.4 is 4.90 Å². The Morgan fingerprint density at radius 1 is 1.25 bits per heavy atom. The van der Waals surface area contributed by atoms with Crippen LogP contribution in [0.3, 0.4) is 0 Å². The van der Waals surface area contributed by atoms with Crippen molar-refractivity contribution in [2.24, 2.45) is 5.92 Å². The number of piperidine rings is 1. The van der Waals surface area contributed by atoms with Gasteiger partial charge in [0, 0.05) is 52.5 Å². The van der Waals surface area contributed by atoms with Crippen LogP contribution in [-0.4, -0.2) is 55.7 Å². The number of ether oxygens (including phenoxy) is 1. The van der Waals surface area contributed by atoms with Crippen LogP contribution in [0.4, 0.5) is 5.82 Å². The van der Waals surface area contributed by atoms with Crippen molar-refractivity contribution < 1.29 is 9.53 Å². The summed E-state index contributed by atoms with van der Waals surface area (Å²) in [7, 11) is 1.75. The van der Waals surface area contributed by atoms with Gasteiger partial charge in [0.2, 0.25) is 5.91 Å². The summed E-state index contributed by atoms with van der Waals surface area (Å²) in [6, 6.07) is 4.20. The van der Waals surface area contributed by atoms with E-state index >= 15 is 0 Å². The number of rotatable bonds is 6. The molecule has 0 radical (unpaired) electrons. The van der Waals surface area contributed by atoms with Crippen LogP contribution >= 0.6 is 0 Å². The molecule has 0 saturated carbocycles. The summed E-state index contributed by atoms with van der Waals surface area (Å²) in [5, 5.41) is 0. The second kappa shape index (κ2) is 8.47. The smallest absolute Gasteiger partial charge is 0.222 e. The third kappa shape index (κ3) is 4.47. The Morgan fingerprint density at radius 3 is 2.71 bits per heavy atom. The highest BCUT2D eigenvalue weighted by Crippen LogP contribution is 2.21. The molecule has 0 aromatic carbocycles. The Kier molecular flexibility index (Phi) is 6.07. The second-order valence-electron chi connectivity index (χ2n) is 7.00. The molecule has 2 fully saturated rings. The van der Waals surface area contributed by atoms with Gasteiger partial charge in [0.25, 0.3) is 0 Å². The quantitative estimate of drug-likeness (QED) is 0.803. The van der Waals surface area contributed by atoms with Crippen LogP contribution in [0.25, 0.3) is 0 Å². The zero-order chi connectivity index (χ0) is 16.8. The van der Waals surface area contributed by atoms with Gasteiger partial charge < -0.3 is 14.5 Å². The number of amides is 1. The fourth-order valence-corrected chi connectivity index (χ4v) is 3.73. The largest absolute Gasteiger partial charge is 0.384 e. The van der Waals surface area contributed by atoms with E-state index in [0.717, 1.165) is 57.9 Å². The lowest BCUT2D eigenvalue weighted by molar-refractivity contribution is -0.132. The first kappa shape index (κ1) is 17.2. The number of likely N-dealkylation sites (tertiary alicyclic amines) is 1. The molecule has 1 aromatic heterocycles. The molecule has 0 N–H and O–H groups in total. The van der Waals surface area contributed by atoms with E-state index in [4.69, 9.17) is 4.74 Å². The summed E-state index contributed by atoms with van der Waals surface area (Å²) in [6.45, 7) is 4.78. The molecule has 1 amide bonds. The summed E-state index contributed by atoms with van der Waals surface area (Å²) in [5.41, 5.74) is 1.22. The average Bonchev–Trinajstić information content (AvgIpc) is 3.16. The highest BCUT2D eigenvalue weighted by molar-refractivity contribution is 5.76. The molecule has 1 aromatic rings. The zero-order valence-electron chi connectivity index (χ0n) is 14.7. The molecule has 0 aliphatic carbocycles. The van der Waals surface area contributed by atoms with Gasteiger partial charge in [-0.1, -0.05) is 0 Å². The number of carbonyl (C=O) groups excluding carboxylic acids is 1. The summed E-state index contributed by atoms with van der Waals surface area (Å²) in [4.78, 5) is 21.3. The van der Waals surface area contributed by atoms with Gasteiger partial charge in [-0.05, 0) is 55.7 Å². The molecule has 132 valence electrons. The highest BCUT2D eigenvalue weighted by atomic mass is 16.5. The van der Waals surface area contributed by atoms with Crippen molar-refractivity contribution in [1.29, 1.82) is 0 Å². The molecule has 0 unspecified atom stereocenters. The van der Waals surface area contributed by atoms with Crippen LogP contribution in [0.1, 0.15) is 37.7 Å². The van der Waals surface area contributed by atoms with Crippen molar-refractivity contribution in [3.8, 4) is 0 Å². The van der Waals surface area contributed by atoms with Gasteiger partial charge >= 0.3 is 0 Å². The Morgan fingerprint density at radius 2 is 2.00 bits per heavy atom. The lowest BCUT2D eigenvalue weighted by Crippen LogP contribution is -2.39. The summed E-state index contributed by atoms with van der Waals surface area (Å²) in [6.07, 6.45) is 7.91. The number of aromatic nitrogens is 1. The van der Waals surface area contributed by atoms with Crippen molar-refractivity contribution >= 4 is 11.7 Å². The number of hydrogen-bond acceptors (Lipinski definition) is 4. The molecular weight excluding hydrogens is 302 g/mol. The highest BCUT2D eigenvalue weighted by Gasteiger charge is 2.22. The Bertz CT molecular complexity index is 535. The maximum Gasteiger partial charge on any atom is 0.222 e. The predicted molar refractivity (Wildman–Crippen MR) is 95.2 cm³/mol. The molecule has 0 atom stereocenters. The van der Waals surface area contributed by atoms with E-state index in [-0.39, 0.29) is 5.91 Å². The average molecular weight is 331 g/mol. The third-order valence-corrected chi connectivity index (χ3v) is 5.24. The predicted octanol–water partition coefficient (Wildman–Crippen LogP) is 2.50. The van der Waals surface area contributed by atoms with Gasteiger partial charge in [0.05, 0.1) is 0 Å². The first-order valence-corrected chi connectivity index (χ1v) is 9.23. The summed E-state index contributed by atoms with van der Waals surface area (Å²) < 4.78 is 5.22. The summed E-state index contributed by atoms with van der Waals surface area (Å²) in [5.74, 6) is 1.96. The van der Waals surface area contributed by atoms with E-state index in [1.54, 1.807) is 7.11 Å². The number of methoxy groups -OCH3 is 1. The maximum absolute atomic E-state index is 12.4. The van der Waals surface area contributed by atoms with Crippen molar-refractivity contribution in [2.45, 2.75) is 38.5 Å². The lowest BCUT2D eigenvalue weighted by Gasteiger charge is -2.31. The SMILES string of the molecule is COCC1CCN(C(=O)CCc2ccnc(N3CCCC3)c2)CC1. The Hall–Kier alpha value is -1.62. The second-order valence-corrected chi connectivity index (χ2v) is 7.00. The standard InChI is InChI=1S/C19H29N3O2/c1-24-15-17-7-12-22(13-8-17)19(23)5-4-16-6-9-20-18(14-16)21-10-2-3-11-21/h6,9,14,17H,2-5,7-8,10-13,15H2,1H3. The molecule has 2 aliphatic heterocycles. The first-order chi connectivity index (χ1) is 11.8.